The van der Waals surface area contributed by atoms with E-state index in [4.69, 9.17) is 10.5 Å². The zero-order chi connectivity index (χ0) is 16.0. The van der Waals surface area contributed by atoms with Crippen LogP contribution in [-0.4, -0.2) is 30.0 Å². The lowest BCUT2D eigenvalue weighted by atomic mass is 9.95. The molecule has 3 N–H and O–H groups in total. The number of hydrogen-bond donors (Lipinski definition) is 2. The van der Waals surface area contributed by atoms with E-state index in [1.165, 1.54) is 0 Å². The number of nitro benzene ring substituents is 1. The van der Waals surface area contributed by atoms with Gasteiger partial charge in [-0.15, -0.1) is 0 Å². The summed E-state index contributed by atoms with van der Waals surface area (Å²) in [5, 5.41) is 13.9. The molecule has 116 valence electrons. The van der Waals surface area contributed by atoms with Gasteiger partial charge < -0.3 is 15.8 Å². The van der Waals surface area contributed by atoms with Gasteiger partial charge in [0.15, 0.2) is 5.75 Å². The van der Waals surface area contributed by atoms with Crippen LogP contribution in [-0.2, 0) is 4.79 Å². The number of amides is 1. The fourth-order valence-electron chi connectivity index (χ4n) is 1.96. The molecule has 0 aliphatic heterocycles. The number of nitro groups is 1. The van der Waals surface area contributed by atoms with Crippen molar-refractivity contribution in [3.63, 3.8) is 0 Å². The average molecular weight is 295 g/mol. The van der Waals surface area contributed by atoms with Gasteiger partial charge in [-0.25, -0.2) is 0 Å². The zero-order valence-electron chi connectivity index (χ0n) is 12.5. The molecule has 1 amide bonds. The number of rotatable bonds is 8. The summed E-state index contributed by atoms with van der Waals surface area (Å²) in [7, 11) is 1.66. The maximum atomic E-state index is 11.3. The number of nitrogens with one attached hydrogen (secondary N) is 1. The molecule has 1 unspecified atom stereocenters. The normalized spacial score (nSPS) is 13.5. The highest BCUT2D eigenvalue weighted by atomic mass is 16.6. The topological polar surface area (TPSA) is 107 Å². The number of ether oxygens (including phenoxy) is 1. The Morgan fingerprint density at radius 2 is 2.19 bits per heavy atom. The molecule has 21 heavy (non-hydrogen) atoms. The SMILES string of the molecule is CNC(C)(CCCOc1cccc(C)c1[N+](=O)[O-])C(N)=O. The van der Waals surface area contributed by atoms with E-state index in [1.54, 1.807) is 39.1 Å². The molecule has 0 aromatic heterocycles. The van der Waals surface area contributed by atoms with Crippen molar-refractivity contribution in [2.24, 2.45) is 5.73 Å². The van der Waals surface area contributed by atoms with Crippen molar-refractivity contribution in [1.82, 2.24) is 5.32 Å². The molecule has 1 rings (SSSR count). The summed E-state index contributed by atoms with van der Waals surface area (Å²) in [6.45, 7) is 3.65. The summed E-state index contributed by atoms with van der Waals surface area (Å²) in [4.78, 5) is 21.9. The average Bonchev–Trinajstić information content (AvgIpc) is 2.42. The predicted molar refractivity (Wildman–Crippen MR) is 79.2 cm³/mol. The molecule has 0 aliphatic carbocycles. The first-order chi connectivity index (χ1) is 9.81. The molecule has 0 saturated heterocycles. The molecule has 0 radical (unpaired) electrons. The number of carbonyl (C=O) groups excluding carboxylic acids is 1. The monoisotopic (exact) mass is 295 g/mol. The van der Waals surface area contributed by atoms with E-state index in [2.05, 4.69) is 5.32 Å². The van der Waals surface area contributed by atoms with Crippen LogP contribution >= 0.6 is 0 Å². The molecule has 1 aromatic rings. The van der Waals surface area contributed by atoms with Crippen LogP contribution in [0.15, 0.2) is 18.2 Å². The Morgan fingerprint density at radius 1 is 1.52 bits per heavy atom. The molecule has 0 heterocycles. The summed E-state index contributed by atoms with van der Waals surface area (Å²) >= 11 is 0. The van der Waals surface area contributed by atoms with Crippen LogP contribution in [0.1, 0.15) is 25.3 Å². The third-order valence-corrected chi connectivity index (χ3v) is 3.56. The molecular formula is C14H21N3O4. The van der Waals surface area contributed by atoms with E-state index in [9.17, 15) is 14.9 Å². The van der Waals surface area contributed by atoms with Crippen LogP contribution in [0.3, 0.4) is 0 Å². The first-order valence-electron chi connectivity index (χ1n) is 6.67. The summed E-state index contributed by atoms with van der Waals surface area (Å²) in [6, 6.07) is 4.94. The van der Waals surface area contributed by atoms with Gasteiger partial charge in [-0.05, 0) is 39.8 Å². The van der Waals surface area contributed by atoms with Crippen molar-refractivity contribution in [3.05, 3.63) is 33.9 Å². The van der Waals surface area contributed by atoms with Crippen molar-refractivity contribution >= 4 is 11.6 Å². The number of nitrogens with two attached hydrogens (primary N) is 1. The lowest BCUT2D eigenvalue weighted by Crippen LogP contribution is -2.51. The highest BCUT2D eigenvalue weighted by Crippen LogP contribution is 2.30. The Bertz CT molecular complexity index is 533. The van der Waals surface area contributed by atoms with Gasteiger partial charge in [0.05, 0.1) is 17.1 Å². The Morgan fingerprint density at radius 3 is 2.71 bits per heavy atom. The second-order valence-corrected chi connectivity index (χ2v) is 5.08. The first-order valence-corrected chi connectivity index (χ1v) is 6.67. The van der Waals surface area contributed by atoms with Crippen LogP contribution in [0.5, 0.6) is 5.75 Å². The number of likely N-dealkylation sites (N-methyl/N-ethyl adjacent to an activating group) is 1. The molecule has 0 aliphatic rings. The highest BCUT2D eigenvalue weighted by Gasteiger charge is 2.28. The van der Waals surface area contributed by atoms with Gasteiger partial charge in [0.2, 0.25) is 5.91 Å². The van der Waals surface area contributed by atoms with Crippen molar-refractivity contribution < 1.29 is 14.5 Å². The third kappa shape index (κ3) is 4.16. The summed E-state index contributed by atoms with van der Waals surface area (Å²) in [5.41, 5.74) is 5.05. The molecule has 0 spiro atoms. The molecule has 0 saturated carbocycles. The maximum absolute atomic E-state index is 11.3. The molecule has 7 heteroatoms. The van der Waals surface area contributed by atoms with Crippen LogP contribution < -0.4 is 15.8 Å². The van der Waals surface area contributed by atoms with Crippen molar-refractivity contribution in [2.75, 3.05) is 13.7 Å². The van der Waals surface area contributed by atoms with Gasteiger partial charge in [0.25, 0.3) is 0 Å². The van der Waals surface area contributed by atoms with Crippen molar-refractivity contribution in [2.45, 2.75) is 32.2 Å². The number of aryl methyl sites for hydroxylation is 1. The van der Waals surface area contributed by atoms with E-state index in [0.29, 0.717) is 18.4 Å². The smallest absolute Gasteiger partial charge is 0.313 e. The molecule has 0 bridgehead atoms. The van der Waals surface area contributed by atoms with Gasteiger partial charge >= 0.3 is 5.69 Å². The number of para-hydroxylation sites is 1. The van der Waals surface area contributed by atoms with E-state index in [-0.39, 0.29) is 18.0 Å². The molecule has 1 aromatic carbocycles. The quantitative estimate of drug-likeness (QED) is 0.429. The fourth-order valence-corrected chi connectivity index (χ4v) is 1.96. The summed E-state index contributed by atoms with van der Waals surface area (Å²) < 4.78 is 5.48. The minimum atomic E-state index is -0.804. The van der Waals surface area contributed by atoms with E-state index >= 15 is 0 Å². The lowest BCUT2D eigenvalue weighted by Gasteiger charge is -2.25. The largest absolute Gasteiger partial charge is 0.487 e. The number of nitrogens with zero attached hydrogens (tertiary/aromatic N) is 1. The van der Waals surface area contributed by atoms with Crippen molar-refractivity contribution in [3.8, 4) is 5.75 Å². The standard InChI is InChI=1S/C14H21N3O4/c1-10-6-4-7-11(12(10)17(19)20)21-9-5-8-14(2,16-3)13(15)18/h4,6-7,16H,5,8-9H2,1-3H3,(H2,15,18). The minimum absolute atomic E-state index is 0.0243. The van der Waals surface area contributed by atoms with Gasteiger partial charge in [0, 0.05) is 5.56 Å². The van der Waals surface area contributed by atoms with E-state index in [0.717, 1.165) is 0 Å². The van der Waals surface area contributed by atoms with Gasteiger partial charge in [-0.2, -0.15) is 0 Å². The predicted octanol–water partition coefficient (Wildman–Crippen LogP) is 1.53. The second-order valence-electron chi connectivity index (χ2n) is 5.08. The van der Waals surface area contributed by atoms with E-state index in [1.807, 2.05) is 0 Å². The number of hydrogen-bond acceptors (Lipinski definition) is 5. The number of carbonyl (C=O) groups is 1. The Hall–Kier alpha value is -2.15. The molecule has 1 atom stereocenters. The van der Waals surface area contributed by atoms with Gasteiger partial charge in [-0.3, -0.25) is 14.9 Å². The maximum Gasteiger partial charge on any atom is 0.313 e. The molecule has 7 nitrogen and oxygen atoms in total. The Balaban J connectivity index is 2.64. The van der Waals surface area contributed by atoms with Crippen LogP contribution in [0.4, 0.5) is 5.69 Å². The van der Waals surface area contributed by atoms with Crippen molar-refractivity contribution in [1.29, 1.82) is 0 Å². The Labute approximate surface area is 123 Å². The second kappa shape index (κ2) is 7.03. The van der Waals surface area contributed by atoms with Crippen LogP contribution in [0.2, 0.25) is 0 Å². The Kier molecular flexibility index (Phi) is 5.66. The molecular weight excluding hydrogens is 274 g/mol. The van der Waals surface area contributed by atoms with Crippen LogP contribution in [0, 0.1) is 17.0 Å². The summed E-state index contributed by atoms with van der Waals surface area (Å²) in [5.74, 6) is -0.197. The van der Waals surface area contributed by atoms with Gasteiger partial charge in [0.1, 0.15) is 0 Å². The lowest BCUT2D eigenvalue weighted by molar-refractivity contribution is -0.386. The number of primary amides is 1. The highest BCUT2D eigenvalue weighted by molar-refractivity contribution is 5.84. The number of benzene rings is 1. The van der Waals surface area contributed by atoms with Crippen LogP contribution in [0.25, 0.3) is 0 Å². The fraction of sp³-hybridized carbons (Fsp3) is 0.500. The zero-order valence-corrected chi connectivity index (χ0v) is 12.5. The minimum Gasteiger partial charge on any atom is -0.487 e. The first kappa shape index (κ1) is 16.9. The van der Waals surface area contributed by atoms with E-state index < -0.39 is 16.4 Å². The third-order valence-electron chi connectivity index (χ3n) is 3.56. The van der Waals surface area contributed by atoms with Gasteiger partial charge in [-0.1, -0.05) is 12.1 Å². The molecule has 0 fully saturated rings. The summed E-state index contributed by atoms with van der Waals surface area (Å²) in [6.07, 6.45) is 1.03.